The van der Waals surface area contributed by atoms with Crippen molar-refractivity contribution in [3.63, 3.8) is 0 Å². The Kier molecular flexibility index (Phi) is 12.9. The molecular formula is C33H51N3O2S. The van der Waals surface area contributed by atoms with E-state index < -0.39 is 5.60 Å². The van der Waals surface area contributed by atoms with E-state index in [1.54, 1.807) is 0 Å². The Hall–Kier alpha value is -2.44. The summed E-state index contributed by atoms with van der Waals surface area (Å²) in [4.78, 5) is 2.33. The molecule has 39 heavy (non-hydrogen) atoms. The van der Waals surface area contributed by atoms with E-state index >= 15 is 0 Å². The average molecular weight is 554 g/mol. The SMILES string of the molecule is CCCC(C)(C)Oc1ccc(C=NN(C)CC(C=S)C(C)(CCC)Oc2ccc(C(C)N(C)CC)cc2)cc1. The molecule has 216 valence electrons. The second kappa shape index (κ2) is 15.4. The molecule has 0 saturated carbocycles. The van der Waals surface area contributed by atoms with Crippen LogP contribution in [0, 0.1) is 5.92 Å². The third-order valence-electron chi connectivity index (χ3n) is 7.56. The van der Waals surface area contributed by atoms with E-state index in [4.69, 9.17) is 26.8 Å². The van der Waals surface area contributed by atoms with Crippen molar-refractivity contribution in [2.75, 3.05) is 27.2 Å². The second-order valence-electron chi connectivity index (χ2n) is 11.5. The van der Waals surface area contributed by atoms with Gasteiger partial charge in [-0.1, -0.05) is 58.0 Å². The number of rotatable bonds is 17. The van der Waals surface area contributed by atoms with Gasteiger partial charge in [0.15, 0.2) is 0 Å². The van der Waals surface area contributed by atoms with Gasteiger partial charge in [-0.3, -0.25) is 9.91 Å². The van der Waals surface area contributed by atoms with Crippen LogP contribution in [0.4, 0.5) is 0 Å². The van der Waals surface area contributed by atoms with Gasteiger partial charge in [0.2, 0.25) is 0 Å². The Morgan fingerprint density at radius 1 is 0.872 bits per heavy atom. The lowest BCUT2D eigenvalue weighted by atomic mass is 9.86. The molecule has 6 heteroatoms. The summed E-state index contributed by atoms with van der Waals surface area (Å²) in [6.07, 6.45) is 5.89. The predicted octanol–water partition coefficient (Wildman–Crippen LogP) is 8.18. The van der Waals surface area contributed by atoms with Crippen LogP contribution in [0.3, 0.4) is 0 Å². The van der Waals surface area contributed by atoms with Gasteiger partial charge >= 0.3 is 0 Å². The maximum absolute atomic E-state index is 6.65. The minimum Gasteiger partial charge on any atom is -0.488 e. The highest BCUT2D eigenvalue weighted by Gasteiger charge is 2.35. The lowest BCUT2D eigenvalue weighted by Crippen LogP contribution is -2.45. The Balaban J connectivity index is 2.07. The Labute approximate surface area is 243 Å². The van der Waals surface area contributed by atoms with Gasteiger partial charge in [0.05, 0.1) is 6.21 Å². The highest BCUT2D eigenvalue weighted by atomic mass is 32.1. The van der Waals surface area contributed by atoms with E-state index in [-0.39, 0.29) is 11.5 Å². The Bertz CT molecular complexity index is 1020. The molecule has 0 aliphatic carbocycles. The number of hydrogen-bond acceptors (Lipinski definition) is 6. The van der Waals surface area contributed by atoms with Crippen LogP contribution in [0.1, 0.15) is 91.3 Å². The first kappa shape index (κ1) is 32.8. The fourth-order valence-corrected chi connectivity index (χ4v) is 5.27. The van der Waals surface area contributed by atoms with Gasteiger partial charge < -0.3 is 9.47 Å². The maximum Gasteiger partial charge on any atom is 0.120 e. The monoisotopic (exact) mass is 553 g/mol. The lowest BCUT2D eigenvalue weighted by Gasteiger charge is -2.37. The standard InChI is InChI=1S/C33H51N3O2S/c1-10-21-32(5,6)37-30-17-13-27(14-18-30)23-34-36(9)24-29(25-39)33(7,22-11-2)38-31-19-15-28(16-20-31)26(4)35(8)12-3/h13-20,23,25-26,29H,10-12,21-22,24H2,1-9H3. The van der Waals surface area contributed by atoms with E-state index in [9.17, 15) is 0 Å². The summed E-state index contributed by atoms with van der Waals surface area (Å²) in [5.41, 5.74) is 1.71. The summed E-state index contributed by atoms with van der Waals surface area (Å²) in [7, 11) is 4.13. The zero-order chi connectivity index (χ0) is 29.1. The summed E-state index contributed by atoms with van der Waals surface area (Å²) < 4.78 is 12.8. The van der Waals surface area contributed by atoms with Crippen LogP contribution in [0.25, 0.3) is 0 Å². The molecule has 0 fully saturated rings. The number of hydrogen-bond donors (Lipinski definition) is 0. The molecular weight excluding hydrogens is 502 g/mol. The molecule has 3 unspecified atom stereocenters. The highest BCUT2D eigenvalue weighted by Crippen LogP contribution is 2.31. The quantitative estimate of drug-likeness (QED) is 0.112. The molecule has 0 N–H and O–H groups in total. The summed E-state index contributed by atoms with van der Waals surface area (Å²) in [5, 5.41) is 8.49. The van der Waals surface area contributed by atoms with Crippen LogP contribution in [0.15, 0.2) is 53.6 Å². The van der Waals surface area contributed by atoms with Gasteiger partial charge in [0, 0.05) is 25.6 Å². The fraction of sp³-hybridized carbons (Fsp3) is 0.576. The van der Waals surface area contributed by atoms with Crippen molar-refractivity contribution in [1.29, 1.82) is 0 Å². The molecule has 0 aliphatic rings. The van der Waals surface area contributed by atoms with Crippen LogP contribution in [-0.4, -0.2) is 59.9 Å². The van der Waals surface area contributed by atoms with Crippen molar-refractivity contribution in [3.8, 4) is 11.5 Å². The van der Waals surface area contributed by atoms with Crippen LogP contribution in [0.2, 0.25) is 0 Å². The van der Waals surface area contributed by atoms with Crippen molar-refractivity contribution in [2.24, 2.45) is 11.0 Å². The van der Waals surface area contributed by atoms with Crippen molar-refractivity contribution in [3.05, 3.63) is 59.7 Å². The highest BCUT2D eigenvalue weighted by molar-refractivity contribution is 7.79. The third-order valence-corrected chi connectivity index (χ3v) is 7.89. The van der Waals surface area contributed by atoms with E-state index in [0.29, 0.717) is 12.6 Å². The molecule has 0 aliphatic heterocycles. The van der Waals surface area contributed by atoms with Crippen LogP contribution < -0.4 is 9.47 Å². The summed E-state index contributed by atoms with van der Waals surface area (Å²) >= 11 is 5.52. The van der Waals surface area contributed by atoms with Crippen molar-refractivity contribution >= 4 is 23.8 Å². The van der Waals surface area contributed by atoms with Crippen LogP contribution in [-0.2, 0) is 0 Å². The second-order valence-corrected chi connectivity index (χ2v) is 11.8. The molecule has 2 rings (SSSR count). The van der Waals surface area contributed by atoms with Gasteiger partial charge in [0.1, 0.15) is 22.7 Å². The number of nitrogens with zero attached hydrogens (tertiary/aromatic N) is 3. The molecule has 0 heterocycles. The number of ether oxygens (including phenoxy) is 2. The van der Waals surface area contributed by atoms with Crippen molar-refractivity contribution < 1.29 is 9.47 Å². The molecule has 0 bridgehead atoms. The molecule has 0 radical (unpaired) electrons. The zero-order valence-electron chi connectivity index (χ0n) is 25.7. The maximum atomic E-state index is 6.65. The van der Waals surface area contributed by atoms with E-state index in [0.717, 1.165) is 49.3 Å². The normalized spacial score (nSPS) is 15.1. The van der Waals surface area contributed by atoms with Gasteiger partial charge in [-0.25, -0.2) is 0 Å². The van der Waals surface area contributed by atoms with Crippen LogP contribution >= 0.6 is 12.2 Å². The molecule has 2 aromatic carbocycles. The molecule has 5 nitrogen and oxygen atoms in total. The number of benzene rings is 2. The number of thiocarbonyl (C=S) groups is 1. The molecule has 3 atom stereocenters. The van der Waals surface area contributed by atoms with Crippen molar-refractivity contribution in [1.82, 2.24) is 9.91 Å². The Morgan fingerprint density at radius 3 is 1.97 bits per heavy atom. The minimum atomic E-state index is -0.433. The first-order valence-electron chi connectivity index (χ1n) is 14.5. The van der Waals surface area contributed by atoms with E-state index in [1.165, 1.54) is 5.56 Å². The predicted molar refractivity (Wildman–Crippen MR) is 171 cm³/mol. The molecule has 0 spiro atoms. The lowest BCUT2D eigenvalue weighted by molar-refractivity contribution is 0.0341. The molecule has 0 amide bonds. The topological polar surface area (TPSA) is 37.3 Å². The number of hydrazone groups is 1. The molecule has 0 aromatic heterocycles. The summed E-state index contributed by atoms with van der Waals surface area (Å²) in [6.45, 7) is 16.9. The van der Waals surface area contributed by atoms with E-state index in [1.807, 2.05) is 47.9 Å². The average Bonchev–Trinajstić information content (AvgIpc) is 2.90. The van der Waals surface area contributed by atoms with Gasteiger partial charge in [0.25, 0.3) is 0 Å². The van der Waals surface area contributed by atoms with Gasteiger partial charge in [-0.2, -0.15) is 5.10 Å². The van der Waals surface area contributed by atoms with E-state index in [2.05, 4.69) is 84.7 Å². The third kappa shape index (κ3) is 10.2. The van der Waals surface area contributed by atoms with Crippen LogP contribution in [0.5, 0.6) is 11.5 Å². The van der Waals surface area contributed by atoms with Gasteiger partial charge in [-0.05, 0) is 107 Å². The molecule has 2 aromatic rings. The van der Waals surface area contributed by atoms with Crippen molar-refractivity contribution in [2.45, 2.75) is 91.4 Å². The first-order valence-corrected chi connectivity index (χ1v) is 14.9. The first-order chi connectivity index (χ1) is 18.5. The zero-order valence-corrected chi connectivity index (χ0v) is 26.6. The Morgan fingerprint density at radius 2 is 1.44 bits per heavy atom. The largest absolute Gasteiger partial charge is 0.488 e. The summed E-state index contributed by atoms with van der Waals surface area (Å²) in [5.74, 6) is 1.78. The van der Waals surface area contributed by atoms with Gasteiger partial charge in [-0.15, -0.1) is 0 Å². The minimum absolute atomic E-state index is 0.0241. The molecule has 0 saturated heterocycles. The fourth-order valence-electron chi connectivity index (χ4n) is 4.89. The summed E-state index contributed by atoms with van der Waals surface area (Å²) in [6, 6.07) is 17.0. The smallest absolute Gasteiger partial charge is 0.120 e.